The Bertz CT molecular complexity index is 430. The number of ether oxygens (including phenoxy) is 1. The van der Waals surface area contributed by atoms with Gasteiger partial charge in [-0.1, -0.05) is 6.58 Å². The third-order valence-corrected chi connectivity index (χ3v) is 2.56. The maximum absolute atomic E-state index is 11.7. The molecule has 0 saturated heterocycles. The van der Waals surface area contributed by atoms with Crippen molar-refractivity contribution in [2.45, 2.75) is 13.8 Å². The van der Waals surface area contributed by atoms with Crippen molar-refractivity contribution in [3.63, 3.8) is 0 Å². The second-order valence-electron chi connectivity index (χ2n) is 3.65. The number of hydrogen-bond acceptors (Lipinski definition) is 2. The summed E-state index contributed by atoms with van der Waals surface area (Å²) < 4.78 is 5.42. The van der Waals surface area contributed by atoms with E-state index in [1.54, 1.807) is 0 Å². The van der Waals surface area contributed by atoms with Crippen LogP contribution in [0.5, 0.6) is 5.75 Å². The quantitative estimate of drug-likeness (QED) is 0.584. The molecule has 0 N–H and O–H groups in total. The summed E-state index contributed by atoms with van der Waals surface area (Å²) in [6.45, 7) is 7.98. The van der Waals surface area contributed by atoms with Crippen molar-refractivity contribution in [1.82, 2.24) is 0 Å². The predicted octanol–water partition coefficient (Wildman–Crippen LogP) is 2.43. The summed E-state index contributed by atoms with van der Waals surface area (Å²) in [5.74, 6) is 0.694. The fourth-order valence-corrected chi connectivity index (χ4v) is 1.51. The molecule has 0 bridgehead atoms. The summed E-state index contributed by atoms with van der Waals surface area (Å²) in [4.78, 5) is 11.7. The minimum Gasteiger partial charge on any atom is -0.488 e. The lowest BCUT2D eigenvalue weighted by atomic mass is 9.97. The van der Waals surface area contributed by atoms with E-state index in [-0.39, 0.29) is 5.78 Å². The van der Waals surface area contributed by atoms with E-state index in [0.717, 1.165) is 11.1 Å². The molecule has 1 aromatic carbocycles. The van der Waals surface area contributed by atoms with Gasteiger partial charge in [-0.15, -0.1) is 0 Å². The molecule has 2 nitrogen and oxygen atoms in total. The minimum absolute atomic E-state index is 0.00866. The molecule has 2 rings (SSSR count). The summed E-state index contributed by atoms with van der Waals surface area (Å²) >= 11 is 0. The zero-order valence-electron chi connectivity index (χ0n) is 8.39. The van der Waals surface area contributed by atoms with Crippen LogP contribution >= 0.6 is 0 Å². The van der Waals surface area contributed by atoms with E-state index >= 15 is 0 Å². The highest BCUT2D eigenvalue weighted by molar-refractivity contribution is 6.11. The first-order chi connectivity index (χ1) is 6.59. The second-order valence-corrected chi connectivity index (χ2v) is 3.65. The van der Waals surface area contributed by atoms with Crippen LogP contribution in [0.25, 0.3) is 0 Å². The molecular weight excluding hydrogens is 176 g/mol. The van der Waals surface area contributed by atoms with Crippen molar-refractivity contribution in [2.24, 2.45) is 0 Å². The van der Waals surface area contributed by atoms with Gasteiger partial charge in [0.05, 0.1) is 5.56 Å². The van der Waals surface area contributed by atoms with E-state index in [0.29, 0.717) is 23.5 Å². The standard InChI is InChI=1S/C12H12O2/c1-7-4-10-11(5-8(7)2)14-6-9(3)12(10)13/h4-5H,3,6H2,1-2H3. The molecule has 0 saturated carbocycles. The Hall–Kier alpha value is -1.57. The van der Waals surface area contributed by atoms with Gasteiger partial charge in [0.2, 0.25) is 0 Å². The van der Waals surface area contributed by atoms with E-state index in [4.69, 9.17) is 4.74 Å². The number of carbonyl (C=O) groups excluding carboxylic acids is 1. The number of aryl methyl sites for hydroxylation is 2. The highest BCUT2D eigenvalue weighted by Gasteiger charge is 2.22. The smallest absolute Gasteiger partial charge is 0.195 e. The molecule has 2 heteroatoms. The maximum atomic E-state index is 11.7. The number of rotatable bonds is 0. The van der Waals surface area contributed by atoms with Crippen molar-refractivity contribution in [2.75, 3.05) is 6.61 Å². The fourth-order valence-electron chi connectivity index (χ4n) is 1.51. The third kappa shape index (κ3) is 1.23. The first kappa shape index (κ1) is 9.00. The Labute approximate surface area is 83.2 Å². The molecule has 0 aromatic heterocycles. The highest BCUT2D eigenvalue weighted by Crippen LogP contribution is 2.29. The molecule has 0 spiro atoms. The van der Waals surface area contributed by atoms with Gasteiger partial charge in [-0.3, -0.25) is 4.79 Å². The lowest BCUT2D eigenvalue weighted by molar-refractivity contribution is 0.1000. The Balaban J connectivity index is 2.61. The van der Waals surface area contributed by atoms with Crippen LogP contribution in [0.2, 0.25) is 0 Å². The van der Waals surface area contributed by atoms with Crippen LogP contribution in [-0.4, -0.2) is 12.4 Å². The first-order valence-corrected chi connectivity index (χ1v) is 4.56. The van der Waals surface area contributed by atoms with Crippen molar-refractivity contribution in [1.29, 1.82) is 0 Å². The molecule has 1 aromatic rings. The van der Waals surface area contributed by atoms with Gasteiger partial charge in [0.25, 0.3) is 0 Å². The molecule has 72 valence electrons. The number of benzene rings is 1. The van der Waals surface area contributed by atoms with Gasteiger partial charge in [-0.2, -0.15) is 0 Å². The summed E-state index contributed by atoms with van der Waals surface area (Å²) in [5.41, 5.74) is 3.42. The zero-order valence-corrected chi connectivity index (χ0v) is 8.39. The number of carbonyl (C=O) groups is 1. The molecule has 0 radical (unpaired) electrons. The normalized spacial score (nSPS) is 15.0. The van der Waals surface area contributed by atoms with Crippen molar-refractivity contribution in [3.05, 3.63) is 41.0 Å². The van der Waals surface area contributed by atoms with Gasteiger partial charge >= 0.3 is 0 Å². The van der Waals surface area contributed by atoms with Gasteiger partial charge < -0.3 is 4.74 Å². The zero-order chi connectivity index (χ0) is 10.3. The first-order valence-electron chi connectivity index (χ1n) is 4.56. The van der Waals surface area contributed by atoms with Crippen molar-refractivity contribution in [3.8, 4) is 5.75 Å². The summed E-state index contributed by atoms with van der Waals surface area (Å²) in [5, 5.41) is 0. The van der Waals surface area contributed by atoms with Gasteiger partial charge in [0.1, 0.15) is 12.4 Å². The van der Waals surface area contributed by atoms with Crippen LogP contribution in [0.4, 0.5) is 0 Å². The van der Waals surface area contributed by atoms with E-state index < -0.39 is 0 Å². The molecule has 1 heterocycles. The highest BCUT2D eigenvalue weighted by atomic mass is 16.5. The monoisotopic (exact) mass is 188 g/mol. The Morgan fingerprint density at radius 3 is 2.64 bits per heavy atom. The van der Waals surface area contributed by atoms with Crippen LogP contribution in [0, 0.1) is 13.8 Å². The number of hydrogen-bond donors (Lipinski definition) is 0. The van der Waals surface area contributed by atoms with Crippen LogP contribution in [0.3, 0.4) is 0 Å². The number of ketones is 1. The molecule has 1 aliphatic heterocycles. The summed E-state index contributed by atoms with van der Waals surface area (Å²) in [7, 11) is 0. The van der Waals surface area contributed by atoms with Gasteiger partial charge in [-0.05, 0) is 37.1 Å². The second kappa shape index (κ2) is 2.98. The number of Topliss-reactive ketones (excluding diaryl/α,β-unsaturated/α-hetero) is 1. The minimum atomic E-state index is 0.00866. The Kier molecular flexibility index (Phi) is 1.92. The molecule has 0 amide bonds. The van der Waals surface area contributed by atoms with Crippen molar-refractivity contribution < 1.29 is 9.53 Å². The Morgan fingerprint density at radius 1 is 1.29 bits per heavy atom. The Morgan fingerprint density at radius 2 is 1.93 bits per heavy atom. The average Bonchev–Trinajstić information content (AvgIpc) is 2.15. The van der Waals surface area contributed by atoms with Crippen LogP contribution in [-0.2, 0) is 0 Å². The molecule has 0 fully saturated rings. The maximum Gasteiger partial charge on any atom is 0.195 e. The number of fused-ring (bicyclic) bond motifs is 1. The van der Waals surface area contributed by atoms with Crippen molar-refractivity contribution >= 4 is 5.78 Å². The summed E-state index contributed by atoms with van der Waals surface area (Å²) in [6.07, 6.45) is 0. The molecule has 14 heavy (non-hydrogen) atoms. The van der Waals surface area contributed by atoms with Gasteiger partial charge in [0, 0.05) is 5.57 Å². The summed E-state index contributed by atoms with van der Waals surface area (Å²) in [6, 6.07) is 3.78. The molecule has 0 unspecified atom stereocenters. The lowest BCUT2D eigenvalue weighted by Gasteiger charge is -2.19. The van der Waals surface area contributed by atoms with Crippen LogP contribution in [0.15, 0.2) is 24.3 Å². The molecule has 0 atom stereocenters. The van der Waals surface area contributed by atoms with E-state index in [2.05, 4.69) is 6.58 Å². The SMILES string of the molecule is C=C1COc2cc(C)c(C)cc2C1=O. The van der Waals surface area contributed by atoms with E-state index in [1.165, 1.54) is 0 Å². The largest absolute Gasteiger partial charge is 0.488 e. The molecule has 1 aliphatic rings. The fraction of sp³-hybridized carbons (Fsp3) is 0.250. The van der Waals surface area contributed by atoms with E-state index in [1.807, 2.05) is 26.0 Å². The van der Waals surface area contributed by atoms with Gasteiger partial charge in [0.15, 0.2) is 5.78 Å². The van der Waals surface area contributed by atoms with E-state index in [9.17, 15) is 4.79 Å². The van der Waals surface area contributed by atoms with Gasteiger partial charge in [-0.25, -0.2) is 0 Å². The predicted molar refractivity (Wildman–Crippen MR) is 54.9 cm³/mol. The third-order valence-electron chi connectivity index (χ3n) is 2.56. The van der Waals surface area contributed by atoms with Crippen LogP contribution < -0.4 is 4.74 Å². The average molecular weight is 188 g/mol. The molecular formula is C12H12O2. The molecule has 0 aliphatic carbocycles. The topological polar surface area (TPSA) is 26.3 Å². The lowest BCUT2D eigenvalue weighted by Crippen LogP contribution is -2.18. The van der Waals surface area contributed by atoms with Crippen LogP contribution in [0.1, 0.15) is 21.5 Å².